The molecular weight excluding hydrogens is 228 g/mol. The van der Waals surface area contributed by atoms with E-state index in [1.807, 2.05) is 26.8 Å². The molecule has 18 heavy (non-hydrogen) atoms. The average molecular weight is 250 g/mol. The molecule has 3 N–H and O–H groups in total. The van der Waals surface area contributed by atoms with Crippen LogP contribution < -0.4 is 5.73 Å². The number of rotatable bonds is 5. The summed E-state index contributed by atoms with van der Waals surface area (Å²) in [6.45, 7) is 6.48. The fourth-order valence-electron chi connectivity index (χ4n) is 1.86. The zero-order chi connectivity index (χ0) is 13.7. The number of nitrogens with zero attached hydrogens (tertiary/aromatic N) is 1. The molecule has 1 rings (SSSR count). The normalized spacial score (nSPS) is 10.7. The Labute approximate surface area is 108 Å². The molecule has 0 aliphatic carbocycles. The van der Waals surface area contributed by atoms with Crippen molar-refractivity contribution in [3.8, 4) is 0 Å². The number of nitrogens with two attached hydrogens (primary N) is 1. The van der Waals surface area contributed by atoms with E-state index in [4.69, 9.17) is 10.8 Å². The van der Waals surface area contributed by atoms with Crippen LogP contribution in [0.25, 0.3) is 0 Å². The number of aliphatic hydroxyl groups is 1. The number of anilines is 1. The molecule has 0 fully saturated rings. The van der Waals surface area contributed by atoms with E-state index >= 15 is 0 Å². The van der Waals surface area contributed by atoms with E-state index in [2.05, 4.69) is 0 Å². The number of hydrogen-bond donors (Lipinski definition) is 2. The van der Waals surface area contributed by atoms with Gasteiger partial charge in [-0.15, -0.1) is 0 Å². The third-order valence-electron chi connectivity index (χ3n) is 2.93. The van der Waals surface area contributed by atoms with Gasteiger partial charge in [0.2, 0.25) is 0 Å². The predicted molar refractivity (Wildman–Crippen MR) is 73.5 cm³/mol. The number of carbonyl (C=O) groups is 1. The number of hydrogen-bond acceptors (Lipinski definition) is 3. The highest BCUT2D eigenvalue weighted by Crippen LogP contribution is 2.16. The molecule has 0 radical (unpaired) electrons. The molecule has 0 aliphatic heterocycles. The molecule has 1 aromatic carbocycles. The topological polar surface area (TPSA) is 66.6 Å². The summed E-state index contributed by atoms with van der Waals surface area (Å²) in [5.74, 6) is -0.0248. The Hall–Kier alpha value is -1.55. The van der Waals surface area contributed by atoms with E-state index in [1.54, 1.807) is 17.0 Å². The molecule has 1 amide bonds. The van der Waals surface area contributed by atoms with Crippen LogP contribution in [0.5, 0.6) is 0 Å². The number of aliphatic hydroxyl groups excluding tert-OH is 1. The zero-order valence-corrected chi connectivity index (χ0v) is 11.3. The Bertz CT molecular complexity index is 416. The van der Waals surface area contributed by atoms with Crippen LogP contribution in [0, 0.1) is 6.92 Å². The van der Waals surface area contributed by atoms with E-state index in [-0.39, 0.29) is 18.6 Å². The third kappa shape index (κ3) is 3.47. The summed E-state index contributed by atoms with van der Waals surface area (Å²) in [4.78, 5) is 14.2. The number of nitrogen functional groups attached to an aromatic ring is 1. The molecule has 100 valence electrons. The number of amides is 1. The summed E-state index contributed by atoms with van der Waals surface area (Å²) in [6, 6.07) is 5.46. The van der Waals surface area contributed by atoms with Crippen molar-refractivity contribution in [3.05, 3.63) is 29.3 Å². The minimum Gasteiger partial charge on any atom is -0.399 e. The van der Waals surface area contributed by atoms with E-state index in [0.717, 1.165) is 5.56 Å². The van der Waals surface area contributed by atoms with Gasteiger partial charge in [0.15, 0.2) is 0 Å². The molecule has 0 aliphatic rings. The fraction of sp³-hybridized carbons (Fsp3) is 0.500. The first-order valence-electron chi connectivity index (χ1n) is 6.25. The Morgan fingerprint density at radius 2 is 2.11 bits per heavy atom. The molecule has 0 saturated heterocycles. The summed E-state index contributed by atoms with van der Waals surface area (Å²) in [5.41, 5.74) is 7.88. The van der Waals surface area contributed by atoms with Gasteiger partial charge in [-0.1, -0.05) is 6.07 Å². The number of carbonyl (C=O) groups excluding carboxylic acids is 1. The quantitative estimate of drug-likeness (QED) is 0.783. The van der Waals surface area contributed by atoms with E-state index in [0.29, 0.717) is 24.2 Å². The molecule has 0 bridgehead atoms. The molecule has 0 atom stereocenters. The van der Waals surface area contributed by atoms with Crippen molar-refractivity contribution in [1.29, 1.82) is 0 Å². The summed E-state index contributed by atoms with van der Waals surface area (Å²) in [6.07, 6.45) is 0.589. The Kier molecular flexibility index (Phi) is 5.16. The molecular formula is C14H22N2O2. The largest absolute Gasteiger partial charge is 0.399 e. The molecule has 4 heteroatoms. The third-order valence-corrected chi connectivity index (χ3v) is 2.93. The summed E-state index contributed by atoms with van der Waals surface area (Å²) in [7, 11) is 0. The van der Waals surface area contributed by atoms with E-state index in [1.165, 1.54) is 0 Å². The van der Waals surface area contributed by atoms with Gasteiger partial charge in [0.1, 0.15) is 0 Å². The van der Waals surface area contributed by atoms with Crippen molar-refractivity contribution in [3.63, 3.8) is 0 Å². The lowest BCUT2D eigenvalue weighted by Gasteiger charge is -2.27. The van der Waals surface area contributed by atoms with Gasteiger partial charge in [-0.05, 0) is 44.9 Å². The maximum atomic E-state index is 12.5. The van der Waals surface area contributed by atoms with Gasteiger partial charge in [0.05, 0.1) is 0 Å². The minimum absolute atomic E-state index is 0.0248. The van der Waals surface area contributed by atoms with Gasteiger partial charge in [0, 0.05) is 30.4 Å². The van der Waals surface area contributed by atoms with Crippen LogP contribution in [0.2, 0.25) is 0 Å². The molecule has 0 heterocycles. The number of aryl methyl sites for hydroxylation is 1. The van der Waals surface area contributed by atoms with Gasteiger partial charge in [-0.25, -0.2) is 0 Å². The highest BCUT2D eigenvalue weighted by molar-refractivity contribution is 5.96. The van der Waals surface area contributed by atoms with Crippen molar-refractivity contribution in [2.45, 2.75) is 33.2 Å². The fourth-order valence-corrected chi connectivity index (χ4v) is 1.86. The zero-order valence-electron chi connectivity index (χ0n) is 11.3. The van der Waals surface area contributed by atoms with Crippen LogP contribution in [-0.4, -0.2) is 35.1 Å². The predicted octanol–water partition coefficient (Wildman–Crippen LogP) is 1.81. The van der Waals surface area contributed by atoms with Crippen LogP contribution in [0.4, 0.5) is 5.69 Å². The van der Waals surface area contributed by atoms with Gasteiger partial charge in [0.25, 0.3) is 5.91 Å². The summed E-state index contributed by atoms with van der Waals surface area (Å²) < 4.78 is 0. The molecule has 1 aromatic rings. The Balaban J connectivity index is 2.98. The monoisotopic (exact) mass is 250 g/mol. The molecule has 0 aromatic heterocycles. The van der Waals surface area contributed by atoms with E-state index in [9.17, 15) is 4.79 Å². The standard InChI is InChI=1S/C14H22N2O2/c1-10(2)16(7-4-8-17)14(18)13-9-12(15)6-5-11(13)3/h5-6,9-10,17H,4,7-8,15H2,1-3H3. The van der Waals surface area contributed by atoms with Crippen molar-refractivity contribution in [1.82, 2.24) is 4.90 Å². The first-order valence-corrected chi connectivity index (χ1v) is 6.25. The van der Waals surface area contributed by atoms with Crippen molar-refractivity contribution in [2.75, 3.05) is 18.9 Å². The smallest absolute Gasteiger partial charge is 0.254 e. The molecule has 0 saturated carbocycles. The first-order chi connectivity index (χ1) is 8.47. The van der Waals surface area contributed by atoms with Crippen LogP contribution in [-0.2, 0) is 0 Å². The maximum absolute atomic E-state index is 12.5. The Morgan fingerprint density at radius 1 is 1.44 bits per heavy atom. The SMILES string of the molecule is Cc1ccc(N)cc1C(=O)N(CCCO)C(C)C. The molecule has 4 nitrogen and oxygen atoms in total. The van der Waals surface area contributed by atoms with Gasteiger partial charge in [-0.3, -0.25) is 4.79 Å². The second-order valence-electron chi connectivity index (χ2n) is 4.74. The van der Waals surface area contributed by atoms with Crippen LogP contribution >= 0.6 is 0 Å². The summed E-state index contributed by atoms with van der Waals surface area (Å²) in [5, 5.41) is 8.89. The van der Waals surface area contributed by atoms with Gasteiger partial charge in [-0.2, -0.15) is 0 Å². The lowest BCUT2D eigenvalue weighted by Crippen LogP contribution is -2.38. The van der Waals surface area contributed by atoms with Crippen LogP contribution in [0.1, 0.15) is 36.2 Å². The van der Waals surface area contributed by atoms with Crippen LogP contribution in [0.3, 0.4) is 0 Å². The second kappa shape index (κ2) is 6.40. The summed E-state index contributed by atoms with van der Waals surface area (Å²) >= 11 is 0. The first kappa shape index (κ1) is 14.5. The van der Waals surface area contributed by atoms with Gasteiger partial charge < -0.3 is 15.7 Å². The van der Waals surface area contributed by atoms with Crippen molar-refractivity contribution < 1.29 is 9.90 Å². The highest BCUT2D eigenvalue weighted by Gasteiger charge is 2.19. The molecule has 0 unspecified atom stereocenters. The Morgan fingerprint density at radius 3 is 2.67 bits per heavy atom. The van der Waals surface area contributed by atoms with E-state index < -0.39 is 0 Å². The highest BCUT2D eigenvalue weighted by atomic mass is 16.3. The average Bonchev–Trinajstić information content (AvgIpc) is 2.32. The maximum Gasteiger partial charge on any atom is 0.254 e. The lowest BCUT2D eigenvalue weighted by molar-refractivity contribution is 0.0692. The van der Waals surface area contributed by atoms with Gasteiger partial charge >= 0.3 is 0 Å². The minimum atomic E-state index is -0.0248. The number of benzene rings is 1. The van der Waals surface area contributed by atoms with Crippen molar-refractivity contribution in [2.24, 2.45) is 0 Å². The molecule has 0 spiro atoms. The lowest BCUT2D eigenvalue weighted by atomic mass is 10.1. The second-order valence-corrected chi connectivity index (χ2v) is 4.74. The van der Waals surface area contributed by atoms with Crippen molar-refractivity contribution >= 4 is 11.6 Å². The van der Waals surface area contributed by atoms with Crippen LogP contribution in [0.15, 0.2) is 18.2 Å².